The van der Waals surface area contributed by atoms with Crippen LogP contribution in [0.5, 0.6) is 11.5 Å². The predicted octanol–water partition coefficient (Wildman–Crippen LogP) is 6.03. The van der Waals surface area contributed by atoms with Crippen molar-refractivity contribution in [1.82, 2.24) is 4.90 Å². The van der Waals surface area contributed by atoms with Gasteiger partial charge in [0.05, 0.1) is 0 Å². The van der Waals surface area contributed by atoms with Gasteiger partial charge < -0.3 is 14.4 Å². The Morgan fingerprint density at radius 2 is 1.71 bits per heavy atom. The maximum Gasteiger partial charge on any atom is 0.231 e. The monoisotopic (exact) mass is 435 g/mol. The van der Waals surface area contributed by atoms with E-state index in [4.69, 9.17) is 21.1 Å². The van der Waals surface area contributed by atoms with Crippen molar-refractivity contribution in [2.45, 2.75) is 32.2 Å². The molecule has 3 aromatic carbocycles. The average Bonchev–Trinajstić information content (AvgIpc) is 3.28. The molecular weight excluding hydrogens is 410 g/mol. The summed E-state index contributed by atoms with van der Waals surface area (Å²) in [7, 11) is 0. The van der Waals surface area contributed by atoms with Gasteiger partial charge in [0.25, 0.3) is 0 Å². The van der Waals surface area contributed by atoms with Crippen molar-refractivity contribution in [3.63, 3.8) is 0 Å². The van der Waals surface area contributed by atoms with Gasteiger partial charge in [-0.15, -0.1) is 0 Å². The molecule has 1 aliphatic heterocycles. The van der Waals surface area contributed by atoms with Gasteiger partial charge in [0.2, 0.25) is 12.7 Å². The summed E-state index contributed by atoms with van der Waals surface area (Å²) in [5, 5.41) is 0.698. The van der Waals surface area contributed by atoms with E-state index in [9.17, 15) is 4.79 Å². The Morgan fingerprint density at radius 1 is 0.968 bits per heavy atom. The van der Waals surface area contributed by atoms with E-state index >= 15 is 0 Å². The van der Waals surface area contributed by atoms with E-state index in [1.807, 2.05) is 48.2 Å². The average molecular weight is 436 g/mol. The highest BCUT2D eigenvalue weighted by Crippen LogP contribution is 2.37. The Balaban J connectivity index is 1.56. The molecule has 160 valence electrons. The van der Waals surface area contributed by atoms with Gasteiger partial charge in [0, 0.05) is 30.5 Å². The molecule has 0 saturated carbocycles. The molecule has 0 N–H and O–H groups in total. The number of amides is 1. The van der Waals surface area contributed by atoms with E-state index in [0.29, 0.717) is 24.5 Å². The number of hydrogen-bond donors (Lipinski definition) is 0. The highest BCUT2D eigenvalue weighted by molar-refractivity contribution is 6.30. The molecule has 1 amide bonds. The molecule has 31 heavy (non-hydrogen) atoms. The second-order valence-corrected chi connectivity index (χ2v) is 8.10. The number of nitrogens with zero attached hydrogens (tertiary/aromatic N) is 1. The summed E-state index contributed by atoms with van der Waals surface area (Å²) in [5.74, 6) is 1.85. The molecule has 4 rings (SSSR count). The fraction of sp³-hybridized carbons (Fsp3) is 0.269. The number of halogens is 1. The first-order valence-electron chi connectivity index (χ1n) is 10.6. The number of rotatable bonds is 8. The predicted molar refractivity (Wildman–Crippen MR) is 123 cm³/mol. The first-order valence-corrected chi connectivity index (χ1v) is 11.0. The van der Waals surface area contributed by atoms with Gasteiger partial charge in [0.1, 0.15) is 0 Å². The number of hydrogen-bond acceptors (Lipinski definition) is 3. The van der Waals surface area contributed by atoms with E-state index < -0.39 is 0 Å². The van der Waals surface area contributed by atoms with Gasteiger partial charge in [0.15, 0.2) is 11.5 Å². The quantitative estimate of drug-likeness (QED) is 0.433. The molecule has 0 bridgehead atoms. The van der Waals surface area contributed by atoms with Gasteiger partial charge in [-0.2, -0.15) is 0 Å². The van der Waals surface area contributed by atoms with Crippen molar-refractivity contribution in [1.29, 1.82) is 0 Å². The summed E-state index contributed by atoms with van der Waals surface area (Å²) in [5.41, 5.74) is 3.45. The van der Waals surface area contributed by atoms with Crippen LogP contribution in [0, 0.1) is 0 Å². The van der Waals surface area contributed by atoms with Crippen LogP contribution in [0.15, 0.2) is 72.8 Å². The zero-order valence-corrected chi connectivity index (χ0v) is 18.3. The van der Waals surface area contributed by atoms with Crippen molar-refractivity contribution in [2.24, 2.45) is 0 Å². The highest BCUT2D eigenvalue weighted by atomic mass is 35.5. The third-order valence-electron chi connectivity index (χ3n) is 5.63. The van der Waals surface area contributed by atoms with E-state index in [0.717, 1.165) is 29.0 Å². The summed E-state index contributed by atoms with van der Waals surface area (Å²) in [4.78, 5) is 14.6. The molecule has 4 nitrogen and oxygen atoms in total. The normalized spacial score (nSPS) is 13.1. The standard InChI is InChI=1S/C26H26ClNO3/c1-2-26(29)28(17-19-8-11-22(27)12-9-19)15-14-23(20-6-4-3-5-7-20)21-10-13-24-25(16-21)31-18-30-24/h3-13,16,23H,2,14-15,17-18H2,1H3/t23-/m0/s1. The molecule has 0 aliphatic carbocycles. The largest absolute Gasteiger partial charge is 0.454 e. The van der Waals surface area contributed by atoms with Gasteiger partial charge in [-0.25, -0.2) is 0 Å². The number of ether oxygens (including phenoxy) is 2. The minimum atomic E-state index is 0.146. The zero-order valence-electron chi connectivity index (χ0n) is 17.6. The van der Waals surface area contributed by atoms with Crippen LogP contribution < -0.4 is 9.47 Å². The SMILES string of the molecule is CCC(=O)N(CC[C@@H](c1ccccc1)c1ccc2c(c1)OCO2)Cc1ccc(Cl)cc1. The van der Waals surface area contributed by atoms with Gasteiger partial charge >= 0.3 is 0 Å². The van der Waals surface area contributed by atoms with Crippen LogP contribution in [0.4, 0.5) is 0 Å². The van der Waals surface area contributed by atoms with E-state index in [1.165, 1.54) is 5.56 Å². The topological polar surface area (TPSA) is 38.8 Å². The second-order valence-electron chi connectivity index (χ2n) is 7.66. The fourth-order valence-corrected chi connectivity index (χ4v) is 4.08. The molecule has 0 spiro atoms. The smallest absolute Gasteiger partial charge is 0.231 e. The molecule has 5 heteroatoms. The summed E-state index contributed by atoms with van der Waals surface area (Å²) < 4.78 is 11.1. The Labute approximate surface area is 188 Å². The minimum absolute atomic E-state index is 0.146. The lowest BCUT2D eigenvalue weighted by Crippen LogP contribution is -2.31. The van der Waals surface area contributed by atoms with Gasteiger partial charge in [-0.3, -0.25) is 4.79 Å². The highest BCUT2D eigenvalue weighted by Gasteiger charge is 2.21. The lowest BCUT2D eigenvalue weighted by Gasteiger charge is -2.26. The lowest BCUT2D eigenvalue weighted by molar-refractivity contribution is -0.131. The van der Waals surface area contributed by atoms with Crippen LogP contribution in [-0.4, -0.2) is 24.1 Å². The van der Waals surface area contributed by atoms with Crippen molar-refractivity contribution < 1.29 is 14.3 Å². The van der Waals surface area contributed by atoms with Crippen molar-refractivity contribution >= 4 is 17.5 Å². The number of fused-ring (bicyclic) bond motifs is 1. The fourth-order valence-electron chi connectivity index (χ4n) is 3.95. The maximum absolute atomic E-state index is 12.7. The Morgan fingerprint density at radius 3 is 2.45 bits per heavy atom. The maximum atomic E-state index is 12.7. The van der Waals surface area contributed by atoms with Crippen LogP contribution in [0.1, 0.15) is 42.4 Å². The van der Waals surface area contributed by atoms with Crippen LogP contribution in [0.3, 0.4) is 0 Å². The number of carbonyl (C=O) groups excluding carboxylic acids is 1. The zero-order chi connectivity index (χ0) is 21.6. The molecule has 0 unspecified atom stereocenters. The van der Waals surface area contributed by atoms with Crippen LogP contribution in [-0.2, 0) is 11.3 Å². The third kappa shape index (κ3) is 5.20. The Bertz CT molecular complexity index is 1020. The summed E-state index contributed by atoms with van der Waals surface area (Å²) in [6.45, 7) is 3.40. The summed E-state index contributed by atoms with van der Waals surface area (Å²) in [6.07, 6.45) is 1.29. The summed E-state index contributed by atoms with van der Waals surface area (Å²) in [6, 6.07) is 24.2. The van der Waals surface area contributed by atoms with Crippen LogP contribution in [0.25, 0.3) is 0 Å². The van der Waals surface area contributed by atoms with Crippen LogP contribution >= 0.6 is 11.6 Å². The lowest BCUT2D eigenvalue weighted by atomic mass is 9.88. The Kier molecular flexibility index (Phi) is 6.78. The second kappa shape index (κ2) is 9.88. The van der Waals surface area contributed by atoms with E-state index in [2.05, 4.69) is 36.4 Å². The molecule has 3 aromatic rings. The first kappa shape index (κ1) is 21.3. The number of carbonyl (C=O) groups is 1. The molecule has 0 radical (unpaired) electrons. The molecule has 0 saturated heterocycles. The molecule has 0 fully saturated rings. The molecule has 1 atom stereocenters. The van der Waals surface area contributed by atoms with E-state index in [1.54, 1.807) is 0 Å². The minimum Gasteiger partial charge on any atom is -0.454 e. The molecular formula is C26H26ClNO3. The van der Waals surface area contributed by atoms with Crippen molar-refractivity contribution in [2.75, 3.05) is 13.3 Å². The van der Waals surface area contributed by atoms with Crippen molar-refractivity contribution in [3.05, 3.63) is 94.5 Å². The first-order chi connectivity index (χ1) is 15.1. The van der Waals surface area contributed by atoms with Crippen molar-refractivity contribution in [3.8, 4) is 11.5 Å². The Hall–Kier alpha value is -2.98. The van der Waals surface area contributed by atoms with Gasteiger partial charge in [-0.1, -0.05) is 67.1 Å². The number of benzene rings is 3. The third-order valence-corrected chi connectivity index (χ3v) is 5.88. The summed E-state index contributed by atoms with van der Waals surface area (Å²) >= 11 is 6.02. The molecule has 1 aliphatic rings. The van der Waals surface area contributed by atoms with Crippen LogP contribution in [0.2, 0.25) is 5.02 Å². The van der Waals surface area contributed by atoms with E-state index in [-0.39, 0.29) is 18.6 Å². The molecule has 0 aromatic heterocycles. The molecule has 1 heterocycles. The van der Waals surface area contributed by atoms with Gasteiger partial charge in [-0.05, 0) is 47.4 Å².